The summed E-state index contributed by atoms with van der Waals surface area (Å²) < 4.78 is 21.3. The summed E-state index contributed by atoms with van der Waals surface area (Å²) in [5.74, 6) is -0.0729. The van der Waals surface area contributed by atoms with Gasteiger partial charge in [-0.2, -0.15) is 0 Å². The normalized spacial score (nSPS) is 22.7. The predicted molar refractivity (Wildman–Crippen MR) is 41.3 cm³/mol. The third-order valence-electron chi connectivity index (χ3n) is 2.26. The summed E-state index contributed by atoms with van der Waals surface area (Å²) in [5, 5.41) is 13.7. The molecule has 0 radical (unpaired) electrons. The van der Waals surface area contributed by atoms with Crippen LogP contribution in [0.5, 0.6) is 0 Å². The Morgan fingerprint density at radius 1 is 1.45 bits per heavy atom. The van der Waals surface area contributed by atoms with E-state index in [2.05, 4.69) is 0 Å². The molecule has 0 aromatic heterocycles. The van der Waals surface area contributed by atoms with Crippen LogP contribution in [0.25, 0.3) is 0 Å². The molecule has 1 rings (SSSR count). The molecule has 0 unspecified atom stereocenters. The number of primary sulfonamides is 1. The number of aliphatic hydroxyl groups excluding tert-OH is 1. The molecule has 1 fully saturated rings. The van der Waals surface area contributed by atoms with Gasteiger partial charge in [-0.15, -0.1) is 0 Å². The summed E-state index contributed by atoms with van der Waals surface area (Å²) in [6, 6.07) is 0. The fourth-order valence-electron chi connectivity index (χ4n) is 1.45. The number of sulfonamides is 1. The van der Waals surface area contributed by atoms with Crippen molar-refractivity contribution in [1.82, 2.24) is 0 Å². The monoisotopic (exact) mass is 179 g/mol. The standard InChI is InChI=1S/C6H13NO3S/c7-11(9,10)5-6(4-8)2-1-3-6/h8H,1-5H2,(H2,7,9,10). The zero-order valence-corrected chi connectivity index (χ0v) is 7.10. The van der Waals surface area contributed by atoms with Crippen LogP contribution in [0, 0.1) is 5.41 Å². The molecule has 0 saturated heterocycles. The molecule has 4 nitrogen and oxygen atoms in total. The first kappa shape index (κ1) is 8.96. The minimum absolute atomic E-state index is 0.0660. The Labute approximate surface area is 66.5 Å². The summed E-state index contributed by atoms with van der Waals surface area (Å²) in [7, 11) is -3.41. The van der Waals surface area contributed by atoms with Crippen LogP contribution in [0.2, 0.25) is 0 Å². The quantitative estimate of drug-likeness (QED) is 0.609. The largest absolute Gasteiger partial charge is 0.396 e. The highest BCUT2D eigenvalue weighted by Gasteiger charge is 2.39. The number of hydrogen-bond acceptors (Lipinski definition) is 3. The van der Waals surface area contributed by atoms with Crippen LogP contribution < -0.4 is 5.14 Å². The number of nitrogens with two attached hydrogens (primary N) is 1. The highest BCUT2D eigenvalue weighted by molar-refractivity contribution is 7.89. The van der Waals surface area contributed by atoms with E-state index < -0.39 is 15.4 Å². The molecule has 1 saturated carbocycles. The highest BCUT2D eigenvalue weighted by Crippen LogP contribution is 2.40. The minimum Gasteiger partial charge on any atom is -0.396 e. The van der Waals surface area contributed by atoms with Crippen molar-refractivity contribution in [3.05, 3.63) is 0 Å². The molecule has 1 aliphatic rings. The van der Waals surface area contributed by atoms with Gasteiger partial charge in [0.25, 0.3) is 0 Å². The van der Waals surface area contributed by atoms with Gasteiger partial charge in [0.05, 0.1) is 5.75 Å². The molecule has 0 amide bonds. The van der Waals surface area contributed by atoms with Gasteiger partial charge in [0, 0.05) is 12.0 Å². The van der Waals surface area contributed by atoms with E-state index in [0.29, 0.717) is 0 Å². The molecule has 0 heterocycles. The second kappa shape index (κ2) is 2.73. The van der Waals surface area contributed by atoms with E-state index in [0.717, 1.165) is 19.3 Å². The van der Waals surface area contributed by atoms with Crippen molar-refractivity contribution >= 4 is 10.0 Å². The van der Waals surface area contributed by atoms with E-state index in [4.69, 9.17) is 10.2 Å². The van der Waals surface area contributed by atoms with Gasteiger partial charge < -0.3 is 5.11 Å². The molecule has 66 valence electrons. The second-order valence-corrected chi connectivity index (χ2v) is 4.93. The Bertz CT molecular complexity index is 225. The molecule has 0 aromatic carbocycles. The molecule has 0 bridgehead atoms. The molecule has 0 atom stereocenters. The van der Waals surface area contributed by atoms with E-state index in [1.54, 1.807) is 0 Å². The van der Waals surface area contributed by atoms with Gasteiger partial charge in [-0.25, -0.2) is 13.6 Å². The maximum Gasteiger partial charge on any atom is 0.209 e. The molecule has 3 N–H and O–H groups in total. The molecule has 11 heavy (non-hydrogen) atoms. The molecular formula is C6H13NO3S. The van der Waals surface area contributed by atoms with Crippen molar-refractivity contribution < 1.29 is 13.5 Å². The van der Waals surface area contributed by atoms with E-state index >= 15 is 0 Å². The average Bonchev–Trinajstić information content (AvgIpc) is 1.77. The van der Waals surface area contributed by atoms with Crippen LogP contribution in [0.15, 0.2) is 0 Å². The summed E-state index contributed by atoms with van der Waals surface area (Å²) in [5.41, 5.74) is -0.409. The van der Waals surface area contributed by atoms with Crippen molar-refractivity contribution in [1.29, 1.82) is 0 Å². The first-order valence-electron chi connectivity index (χ1n) is 3.59. The maximum atomic E-state index is 10.7. The van der Waals surface area contributed by atoms with Gasteiger partial charge in [0.1, 0.15) is 0 Å². The third kappa shape index (κ3) is 2.15. The summed E-state index contributed by atoms with van der Waals surface area (Å²) in [6.07, 6.45) is 2.55. The van der Waals surface area contributed by atoms with E-state index in [1.165, 1.54) is 0 Å². The molecule has 0 aromatic rings. The Morgan fingerprint density at radius 2 is 2.00 bits per heavy atom. The fraction of sp³-hybridized carbons (Fsp3) is 1.00. The van der Waals surface area contributed by atoms with E-state index in [9.17, 15) is 8.42 Å². The summed E-state index contributed by atoms with van der Waals surface area (Å²) >= 11 is 0. The zero-order valence-electron chi connectivity index (χ0n) is 6.28. The smallest absolute Gasteiger partial charge is 0.209 e. The lowest BCUT2D eigenvalue weighted by Gasteiger charge is -2.39. The van der Waals surface area contributed by atoms with Crippen LogP contribution in [0.1, 0.15) is 19.3 Å². The van der Waals surface area contributed by atoms with Crippen LogP contribution in [-0.4, -0.2) is 25.9 Å². The predicted octanol–water partition coefficient (Wildman–Crippen LogP) is -0.562. The van der Waals surface area contributed by atoms with Crippen LogP contribution in [0.3, 0.4) is 0 Å². The van der Waals surface area contributed by atoms with Crippen LogP contribution >= 0.6 is 0 Å². The van der Waals surface area contributed by atoms with Crippen LogP contribution in [0.4, 0.5) is 0 Å². The fourth-order valence-corrected chi connectivity index (χ4v) is 2.69. The second-order valence-electron chi connectivity index (χ2n) is 3.32. The SMILES string of the molecule is NS(=O)(=O)CC1(CO)CCC1. The van der Waals surface area contributed by atoms with Gasteiger partial charge in [-0.3, -0.25) is 0 Å². The minimum atomic E-state index is -3.41. The van der Waals surface area contributed by atoms with Crippen molar-refractivity contribution in [3.8, 4) is 0 Å². The molecular weight excluding hydrogens is 166 g/mol. The summed E-state index contributed by atoms with van der Waals surface area (Å²) in [6.45, 7) is -0.0660. The lowest BCUT2D eigenvalue weighted by molar-refractivity contribution is 0.0667. The van der Waals surface area contributed by atoms with Crippen molar-refractivity contribution in [2.24, 2.45) is 10.6 Å². The van der Waals surface area contributed by atoms with Gasteiger partial charge in [0.2, 0.25) is 10.0 Å². The zero-order chi connectivity index (χ0) is 8.54. The lowest BCUT2D eigenvalue weighted by Crippen LogP contribution is -2.41. The first-order valence-corrected chi connectivity index (χ1v) is 5.30. The number of aliphatic hydroxyl groups is 1. The number of rotatable bonds is 3. The topological polar surface area (TPSA) is 80.4 Å². The Kier molecular flexibility index (Phi) is 2.22. The lowest BCUT2D eigenvalue weighted by atomic mass is 9.71. The van der Waals surface area contributed by atoms with Crippen LogP contribution in [-0.2, 0) is 10.0 Å². The Balaban J connectivity index is 2.59. The van der Waals surface area contributed by atoms with Crippen molar-refractivity contribution in [3.63, 3.8) is 0 Å². The molecule has 5 heteroatoms. The van der Waals surface area contributed by atoms with Crippen molar-refractivity contribution in [2.45, 2.75) is 19.3 Å². The molecule has 0 aliphatic heterocycles. The van der Waals surface area contributed by atoms with Gasteiger partial charge in [-0.1, -0.05) is 6.42 Å². The van der Waals surface area contributed by atoms with Crippen molar-refractivity contribution in [2.75, 3.05) is 12.4 Å². The van der Waals surface area contributed by atoms with Gasteiger partial charge in [0.15, 0.2) is 0 Å². The molecule has 0 spiro atoms. The first-order chi connectivity index (χ1) is 4.97. The Morgan fingerprint density at radius 3 is 2.09 bits per heavy atom. The third-order valence-corrected chi connectivity index (χ3v) is 3.27. The highest BCUT2D eigenvalue weighted by atomic mass is 32.2. The van der Waals surface area contributed by atoms with E-state index in [-0.39, 0.29) is 12.4 Å². The van der Waals surface area contributed by atoms with Gasteiger partial charge >= 0.3 is 0 Å². The summed E-state index contributed by atoms with van der Waals surface area (Å²) in [4.78, 5) is 0. The molecule has 1 aliphatic carbocycles. The van der Waals surface area contributed by atoms with E-state index in [1.807, 2.05) is 0 Å². The maximum absolute atomic E-state index is 10.7. The van der Waals surface area contributed by atoms with Gasteiger partial charge in [-0.05, 0) is 12.8 Å². The Hall–Kier alpha value is -0.130. The average molecular weight is 179 g/mol. The number of hydrogen-bond donors (Lipinski definition) is 2.